The second-order valence-electron chi connectivity index (χ2n) is 11.6. The molecule has 0 saturated heterocycles. The Morgan fingerprint density at radius 3 is 1.42 bits per heavy atom. The van der Waals surface area contributed by atoms with Crippen LogP contribution in [0.5, 0.6) is 23.0 Å². The van der Waals surface area contributed by atoms with E-state index in [1.807, 2.05) is 36.4 Å². The van der Waals surface area contributed by atoms with Gasteiger partial charge in [0, 0.05) is 25.2 Å². The monoisotopic (exact) mass is 678 g/mol. The number of rotatable bonds is 15. The summed E-state index contributed by atoms with van der Waals surface area (Å²) in [6.45, 7) is 7.56. The predicted molar refractivity (Wildman–Crippen MR) is 202 cm³/mol. The normalized spacial score (nSPS) is 10.7. The van der Waals surface area contributed by atoms with Gasteiger partial charge in [0.2, 0.25) is 11.8 Å². The van der Waals surface area contributed by atoms with Crippen molar-refractivity contribution in [1.82, 2.24) is 10.6 Å². The Morgan fingerprint density at radius 1 is 0.540 bits per heavy atom. The number of hydrogen-bond acceptors (Lipinski definition) is 6. The van der Waals surface area contributed by atoms with Gasteiger partial charge in [0.05, 0.1) is 28.4 Å². The van der Waals surface area contributed by atoms with E-state index in [2.05, 4.69) is 73.9 Å². The zero-order chi connectivity index (χ0) is 36.3. The van der Waals surface area contributed by atoms with Gasteiger partial charge in [0.1, 0.15) is 0 Å². The molecule has 0 aliphatic heterocycles. The molecule has 0 heterocycles. The van der Waals surface area contributed by atoms with Gasteiger partial charge in [0.25, 0.3) is 0 Å². The van der Waals surface area contributed by atoms with Crippen molar-refractivity contribution in [2.45, 2.75) is 40.0 Å². The van der Waals surface area contributed by atoms with Crippen LogP contribution in [-0.2, 0) is 28.9 Å². The smallest absolute Gasteiger partial charge is 0.244 e. The highest BCUT2D eigenvalue weighted by atomic mass is 16.5. The lowest BCUT2D eigenvalue weighted by molar-refractivity contribution is -0.117. The summed E-state index contributed by atoms with van der Waals surface area (Å²) in [7, 11) is 6.36. The SMILES string of the molecule is CCc1ccc(CCNC(=O)/C=C/c2ccc(OC)c(OC)c2)cc1.COc1ccc(/C=C/C(=O)NCCc2ccc(C)c(C)c2)cc1OC. The van der Waals surface area contributed by atoms with Gasteiger partial charge in [-0.1, -0.05) is 61.5 Å². The van der Waals surface area contributed by atoms with Crippen LogP contribution in [0.4, 0.5) is 0 Å². The van der Waals surface area contributed by atoms with Crippen molar-refractivity contribution in [3.05, 3.63) is 130 Å². The quantitative estimate of drug-likeness (QED) is 0.128. The van der Waals surface area contributed by atoms with Gasteiger partial charge < -0.3 is 29.6 Å². The molecule has 4 rings (SSSR count). The van der Waals surface area contributed by atoms with Crippen LogP contribution in [0.3, 0.4) is 0 Å². The zero-order valence-corrected chi connectivity index (χ0v) is 30.3. The van der Waals surface area contributed by atoms with Crippen molar-refractivity contribution in [2.75, 3.05) is 41.5 Å². The van der Waals surface area contributed by atoms with E-state index in [1.165, 1.54) is 40.0 Å². The van der Waals surface area contributed by atoms with E-state index in [1.54, 1.807) is 40.6 Å². The third kappa shape index (κ3) is 12.8. The number of benzene rings is 4. The fourth-order valence-electron chi connectivity index (χ4n) is 4.94. The average molecular weight is 679 g/mol. The maximum Gasteiger partial charge on any atom is 0.244 e. The maximum absolute atomic E-state index is 12.0. The Hall–Kier alpha value is -5.50. The number of carbonyl (C=O) groups is 2. The third-order valence-electron chi connectivity index (χ3n) is 8.10. The molecule has 0 spiro atoms. The lowest BCUT2D eigenvalue weighted by atomic mass is 10.0. The number of nitrogens with one attached hydrogen (secondary N) is 2. The molecule has 0 radical (unpaired) electrons. The molecule has 50 heavy (non-hydrogen) atoms. The molecule has 2 N–H and O–H groups in total. The van der Waals surface area contributed by atoms with Crippen LogP contribution in [0.1, 0.15) is 45.9 Å². The fourth-order valence-corrected chi connectivity index (χ4v) is 4.94. The number of methoxy groups -OCH3 is 4. The lowest BCUT2D eigenvalue weighted by Crippen LogP contribution is -2.23. The summed E-state index contributed by atoms with van der Waals surface area (Å²) in [4.78, 5) is 23.9. The first kappa shape index (κ1) is 38.9. The number of amides is 2. The van der Waals surface area contributed by atoms with Crippen LogP contribution in [0.2, 0.25) is 0 Å². The summed E-state index contributed by atoms with van der Waals surface area (Å²) in [5, 5.41) is 5.80. The van der Waals surface area contributed by atoms with Gasteiger partial charge in [-0.25, -0.2) is 0 Å². The second kappa shape index (κ2) is 20.8. The average Bonchev–Trinajstić information content (AvgIpc) is 3.14. The Labute approximate surface area is 297 Å². The van der Waals surface area contributed by atoms with E-state index in [0.717, 1.165) is 30.4 Å². The highest BCUT2D eigenvalue weighted by Crippen LogP contribution is 2.29. The molecule has 0 aliphatic rings. The number of carbonyl (C=O) groups excluding carboxylic acids is 2. The molecule has 0 aromatic heterocycles. The zero-order valence-electron chi connectivity index (χ0n) is 30.3. The maximum atomic E-state index is 12.0. The summed E-state index contributed by atoms with van der Waals surface area (Å²) in [5.41, 5.74) is 8.09. The Bertz CT molecular complexity index is 1740. The number of aryl methyl sites for hydroxylation is 3. The molecule has 0 saturated carbocycles. The van der Waals surface area contributed by atoms with Crippen molar-refractivity contribution in [2.24, 2.45) is 0 Å². The topological polar surface area (TPSA) is 95.1 Å². The molecule has 4 aromatic carbocycles. The van der Waals surface area contributed by atoms with Crippen molar-refractivity contribution < 1.29 is 28.5 Å². The van der Waals surface area contributed by atoms with Crippen molar-refractivity contribution in [3.8, 4) is 23.0 Å². The van der Waals surface area contributed by atoms with E-state index in [0.29, 0.717) is 36.1 Å². The largest absolute Gasteiger partial charge is 0.493 e. The van der Waals surface area contributed by atoms with Crippen LogP contribution in [0.15, 0.2) is 91.0 Å². The van der Waals surface area contributed by atoms with Crippen molar-refractivity contribution in [1.29, 1.82) is 0 Å². The summed E-state index contributed by atoms with van der Waals surface area (Å²) in [5.74, 6) is 2.38. The Balaban J connectivity index is 0.000000270. The van der Waals surface area contributed by atoms with Gasteiger partial charge in [0.15, 0.2) is 23.0 Å². The first-order valence-corrected chi connectivity index (χ1v) is 16.7. The van der Waals surface area contributed by atoms with E-state index < -0.39 is 0 Å². The standard InChI is InChI=1S/2C21H25NO3/c1-15-5-6-18(13-16(15)2)11-12-22-21(23)10-8-17-7-9-19(24-3)20(14-17)25-4;1-4-16-5-7-17(8-6-16)13-14-22-21(23)12-10-18-9-11-19(24-2)20(15-18)25-3/h5-10,13-14H,11-12H2,1-4H3,(H,22,23);5-12,15H,4,13-14H2,1-3H3,(H,22,23)/b10-8+;12-10+. The van der Waals surface area contributed by atoms with E-state index in [4.69, 9.17) is 18.9 Å². The third-order valence-corrected chi connectivity index (χ3v) is 8.10. The van der Waals surface area contributed by atoms with Gasteiger partial charge in [-0.2, -0.15) is 0 Å². The molecule has 0 bridgehead atoms. The van der Waals surface area contributed by atoms with E-state index >= 15 is 0 Å². The number of ether oxygens (including phenoxy) is 4. The summed E-state index contributed by atoms with van der Waals surface area (Å²) in [6.07, 6.45) is 9.25. The molecule has 0 fully saturated rings. The van der Waals surface area contributed by atoms with Crippen LogP contribution in [-0.4, -0.2) is 53.3 Å². The summed E-state index contributed by atoms with van der Waals surface area (Å²) < 4.78 is 20.9. The summed E-state index contributed by atoms with van der Waals surface area (Å²) in [6, 6.07) is 25.9. The van der Waals surface area contributed by atoms with E-state index in [-0.39, 0.29) is 11.8 Å². The highest BCUT2D eigenvalue weighted by Gasteiger charge is 2.05. The van der Waals surface area contributed by atoms with Gasteiger partial charge in [-0.15, -0.1) is 0 Å². The molecule has 4 aromatic rings. The first-order chi connectivity index (χ1) is 24.2. The Kier molecular flexibility index (Phi) is 16.2. The van der Waals surface area contributed by atoms with Crippen LogP contribution < -0.4 is 29.6 Å². The van der Waals surface area contributed by atoms with Crippen LogP contribution in [0, 0.1) is 13.8 Å². The molecular weight excluding hydrogens is 628 g/mol. The van der Waals surface area contributed by atoms with E-state index in [9.17, 15) is 9.59 Å². The fraction of sp³-hybridized carbons (Fsp3) is 0.286. The molecule has 0 unspecified atom stereocenters. The molecular formula is C42H50N2O6. The lowest BCUT2D eigenvalue weighted by Gasteiger charge is -2.08. The van der Waals surface area contributed by atoms with Crippen molar-refractivity contribution in [3.63, 3.8) is 0 Å². The van der Waals surface area contributed by atoms with Gasteiger partial charge >= 0.3 is 0 Å². The first-order valence-electron chi connectivity index (χ1n) is 16.7. The van der Waals surface area contributed by atoms with Gasteiger partial charge in [-0.3, -0.25) is 9.59 Å². The van der Waals surface area contributed by atoms with Crippen LogP contribution >= 0.6 is 0 Å². The predicted octanol–water partition coefficient (Wildman–Crippen LogP) is 7.33. The Morgan fingerprint density at radius 2 is 0.980 bits per heavy atom. The minimum Gasteiger partial charge on any atom is -0.493 e. The molecule has 0 atom stereocenters. The minimum absolute atomic E-state index is 0.111. The minimum atomic E-state index is -0.112. The molecule has 264 valence electrons. The highest BCUT2D eigenvalue weighted by molar-refractivity contribution is 5.92. The second-order valence-corrected chi connectivity index (χ2v) is 11.6. The molecule has 2 amide bonds. The number of hydrogen-bond donors (Lipinski definition) is 2. The van der Waals surface area contributed by atoms with Crippen LogP contribution in [0.25, 0.3) is 12.2 Å². The molecule has 0 aliphatic carbocycles. The molecule has 8 nitrogen and oxygen atoms in total. The summed E-state index contributed by atoms with van der Waals surface area (Å²) >= 11 is 0. The molecule has 8 heteroatoms. The van der Waals surface area contributed by atoms with Gasteiger partial charge in [-0.05, 0) is 108 Å². The van der Waals surface area contributed by atoms with Crippen molar-refractivity contribution >= 4 is 24.0 Å².